The second-order valence-electron chi connectivity index (χ2n) is 7.64. The zero-order valence-electron chi connectivity index (χ0n) is 14.5. The number of nitrogens with zero attached hydrogens (tertiary/aromatic N) is 3. The fourth-order valence-electron chi connectivity index (χ4n) is 5.11. The molecule has 0 radical (unpaired) electrons. The van der Waals surface area contributed by atoms with Gasteiger partial charge in [0.25, 0.3) is 11.5 Å². The van der Waals surface area contributed by atoms with Gasteiger partial charge in [0, 0.05) is 12.0 Å². The van der Waals surface area contributed by atoms with Crippen molar-refractivity contribution >= 4 is 23.2 Å². The lowest BCUT2D eigenvalue weighted by Crippen LogP contribution is -2.51. The minimum atomic E-state index is -0.570. The number of rotatable bonds is 2. The number of carbonyl (C=O) groups is 1. The summed E-state index contributed by atoms with van der Waals surface area (Å²) >= 11 is 0. The largest absolute Gasteiger partial charge is 0.384 e. The van der Waals surface area contributed by atoms with E-state index in [1.807, 2.05) is 6.92 Å². The molecule has 3 atom stereocenters. The first-order valence-electron chi connectivity index (χ1n) is 8.92. The van der Waals surface area contributed by atoms with Crippen LogP contribution in [0, 0.1) is 18.8 Å². The number of carbonyl (C=O) groups excluding carboxylic acids is 1. The van der Waals surface area contributed by atoms with E-state index in [1.54, 1.807) is 16.7 Å². The van der Waals surface area contributed by atoms with Crippen LogP contribution in [0.15, 0.2) is 23.3 Å². The Balaban J connectivity index is 1.66. The van der Waals surface area contributed by atoms with Gasteiger partial charge in [0.2, 0.25) is 0 Å². The Kier molecular flexibility index (Phi) is 2.99. The molecule has 4 N–H and O–H groups in total. The van der Waals surface area contributed by atoms with Gasteiger partial charge in [-0.3, -0.25) is 14.2 Å². The molecule has 2 aromatic heterocycles. The van der Waals surface area contributed by atoms with Crippen molar-refractivity contribution in [1.82, 2.24) is 19.9 Å². The average molecular weight is 352 g/mol. The minimum absolute atomic E-state index is 0.148. The highest BCUT2D eigenvalue weighted by Gasteiger charge is 2.57. The maximum Gasteiger partial charge on any atom is 0.276 e. The molecule has 2 aliphatic carbocycles. The molecular weight excluding hydrogens is 332 g/mol. The molecule has 0 saturated heterocycles. The summed E-state index contributed by atoms with van der Waals surface area (Å²) in [5.74, 6) is 1.53. The Hall–Kier alpha value is -2.90. The number of anilines is 3. The molecule has 26 heavy (non-hydrogen) atoms. The van der Waals surface area contributed by atoms with E-state index in [9.17, 15) is 9.59 Å². The normalized spacial score (nSPS) is 28.4. The second-order valence-corrected chi connectivity index (χ2v) is 7.64. The van der Waals surface area contributed by atoms with Gasteiger partial charge in [-0.25, -0.2) is 9.97 Å². The number of hydrogen-bond acceptors (Lipinski definition) is 6. The van der Waals surface area contributed by atoms with Crippen molar-refractivity contribution in [2.45, 2.75) is 38.3 Å². The molecule has 8 heteroatoms. The molecule has 8 nitrogen and oxygen atoms in total. The first-order chi connectivity index (χ1) is 12.5. The Labute approximate surface area is 149 Å². The smallest absolute Gasteiger partial charge is 0.276 e. The van der Waals surface area contributed by atoms with E-state index in [2.05, 4.69) is 20.6 Å². The van der Waals surface area contributed by atoms with Gasteiger partial charge in [-0.05, 0) is 50.2 Å². The zero-order valence-corrected chi connectivity index (χ0v) is 14.5. The molecule has 2 bridgehead atoms. The average Bonchev–Trinajstić information content (AvgIpc) is 3.26. The van der Waals surface area contributed by atoms with E-state index in [1.165, 1.54) is 12.7 Å². The molecule has 0 aromatic carbocycles. The van der Waals surface area contributed by atoms with E-state index < -0.39 is 5.66 Å². The highest BCUT2D eigenvalue weighted by Crippen LogP contribution is 2.54. The predicted molar refractivity (Wildman–Crippen MR) is 96.1 cm³/mol. The van der Waals surface area contributed by atoms with Crippen LogP contribution < -0.4 is 21.9 Å². The van der Waals surface area contributed by atoms with Crippen molar-refractivity contribution in [1.29, 1.82) is 0 Å². The van der Waals surface area contributed by atoms with Gasteiger partial charge in [-0.2, -0.15) is 0 Å². The van der Waals surface area contributed by atoms with Crippen LogP contribution in [0.2, 0.25) is 0 Å². The van der Waals surface area contributed by atoms with Crippen LogP contribution in [-0.2, 0) is 5.66 Å². The fourth-order valence-corrected chi connectivity index (χ4v) is 5.11. The maximum absolute atomic E-state index is 13.3. The number of aryl methyl sites for hydroxylation is 1. The van der Waals surface area contributed by atoms with Crippen molar-refractivity contribution < 1.29 is 4.79 Å². The first kappa shape index (κ1) is 15.4. The molecule has 0 unspecified atom stereocenters. The summed E-state index contributed by atoms with van der Waals surface area (Å²) in [6, 6.07) is 3.28. The van der Waals surface area contributed by atoms with E-state index in [0.29, 0.717) is 34.9 Å². The summed E-state index contributed by atoms with van der Waals surface area (Å²) in [4.78, 5) is 34.0. The third-order valence-corrected chi connectivity index (χ3v) is 6.10. The van der Waals surface area contributed by atoms with Crippen molar-refractivity contribution in [3.8, 4) is 0 Å². The number of aromatic nitrogens is 3. The van der Waals surface area contributed by atoms with Gasteiger partial charge in [-0.15, -0.1) is 0 Å². The Morgan fingerprint density at radius 2 is 2.15 bits per heavy atom. The van der Waals surface area contributed by atoms with Gasteiger partial charge >= 0.3 is 0 Å². The molecule has 3 aliphatic rings. The monoisotopic (exact) mass is 352 g/mol. The van der Waals surface area contributed by atoms with Crippen molar-refractivity contribution in [2.75, 3.05) is 11.1 Å². The molecule has 2 fully saturated rings. The van der Waals surface area contributed by atoms with Crippen molar-refractivity contribution in [3.63, 3.8) is 0 Å². The van der Waals surface area contributed by atoms with E-state index in [0.717, 1.165) is 24.8 Å². The molecule has 1 spiro atoms. The minimum Gasteiger partial charge on any atom is -0.384 e. The summed E-state index contributed by atoms with van der Waals surface area (Å²) in [6.45, 7) is 1.86. The summed E-state index contributed by atoms with van der Waals surface area (Å²) in [5.41, 5.74) is 6.57. The summed E-state index contributed by atoms with van der Waals surface area (Å²) in [5, 5.41) is 6.20. The fraction of sp³-hybridized carbons (Fsp3) is 0.444. The number of nitrogens with one attached hydrogen (secondary N) is 2. The second kappa shape index (κ2) is 5.06. The predicted octanol–water partition coefficient (Wildman–Crippen LogP) is 1.49. The van der Waals surface area contributed by atoms with Gasteiger partial charge in [0.05, 0.1) is 0 Å². The third-order valence-electron chi connectivity index (χ3n) is 6.10. The van der Waals surface area contributed by atoms with E-state index in [4.69, 9.17) is 5.73 Å². The number of pyridine rings is 1. The molecular formula is C18H20N6O2. The van der Waals surface area contributed by atoms with Crippen LogP contribution in [0.4, 0.5) is 17.3 Å². The highest BCUT2D eigenvalue weighted by molar-refractivity contribution is 5.97. The van der Waals surface area contributed by atoms with Crippen LogP contribution in [-0.4, -0.2) is 20.4 Å². The Morgan fingerprint density at radius 1 is 1.31 bits per heavy atom. The quantitative estimate of drug-likeness (QED) is 0.754. The number of nitrogens with two attached hydrogens (primary N) is 1. The summed E-state index contributed by atoms with van der Waals surface area (Å²) < 4.78 is 1.71. The standard InChI is InChI=1S/C18H20N6O2/c1-9-4-12(22-14-6-13(19)20-8-21-14)17(26)24-15(9)16(25)23-18(24)7-10-2-3-11(18)5-10/h4,6,8,10-11H,2-3,5,7H2,1H3,(H,23,25)(H3,19,20,21,22)/t10-,11+,18+/m0/s1. The third kappa shape index (κ3) is 1.95. The maximum atomic E-state index is 13.3. The topological polar surface area (TPSA) is 115 Å². The molecule has 1 aliphatic heterocycles. The molecule has 5 rings (SSSR count). The lowest BCUT2D eigenvalue weighted by molar-refractivity contribution is 0.0845. The van der Waals surface area contributed by atoms with Crippen LogP contribution in [0.1, 0.15) is 41.7 Å². The number of fused-ring (bicyclic) bond motifs is 5. The highest BCUT2D eigenvalue weighted by atomic mass is 16.2. The SMILES string of the molecule is Cc1cc(Nc2cc(N)ncn2)c(=O)n2c1C(=O)N[C@]21C[C@H]2CC[C@@H]1C2. The van der Waals surface area contributed by atoms with E-state index in [-0.39, 0.29) is 11.5 Å². The molecule has 134 valence electrons. The zero-order chi connectivity index (χ0) is 18.1. The van der Waals surface area contributed by atoms with Crippen molar-refractivity contribution in [2.24, 2.45) is 11.8 Å². The van der Waals surface area contributed by atoms with Gasteiger partial charge < -0.3 is 16.4 Å². The lowest BCUT2D eigenvalue weighted by atomic mass is 9.88. The lowest BCUT2D eigenvalue weighted by Gasteiger charge is -2.35. The van der Waals surface area contributed by atoms with Gasteiger partial charge in [0.15, 0.2) is 0 Å². The Morgan fingerprint density at radius 3 is 2.85 bits per heavy atom. The van der Waals surface area contributed by atoms with Gasteiger partial charge in [-0.1, -0.05) is 0 Å². The van der Waals surface area contributed by atoms with E-state index >= 15 is 0 Å². The first-order valence-corrected chi connectivity index (χ1v) is 8.92. The number of hydrogen-bond donors (Lipinski definition) is 3. The molecule has 1 amide bonds. The molecule has 2 saturated carbocycles. The number of nitrogen functional groups attached to an aromatic ring is 1. The van der Waals surface area contributed by atoms with Crippen LogP contribution >= 0.6 is 0 Å². The van der Waals surface area contributed by atoms with Crippen molar-refractivity contribution in [3.05, 3.63) is 40.1 Å². The van der Waals surface area contributed by atoms with Crippen LogP contribution in [0.25, 0.3) is 0 Å². The molecule has 2 aromatic rings. The summed E-state index contributed by atoms with van der Waals surface area (Å²) in [7, 11) is 0. The van der Waals surface area contributed by atoms with Crippen LogP contribution in [0.3, 0.4) is 0 Å². The summed E-state index contributed by atoms with van der Waals surface area (Å²) in [6.07, 6.45) is 5.49. The Bertz CT molecular complexity index is 1000. The number of amides is 1. The molecule has 3 heterocycles. The van der Waals surface area contributed by atoms with Crippen LogP contribution in [0.5, 0.6) is 0 Å². The van der Waals surface area contributed by atoms with Gasteiger partial charge in [0.1, 0.15) is 35.0 Å².